The Bertz CT molecular complexity index is 2100. The first-order valence-corrected chi connectivity index (χ1v) is 18.4. The van der Waals surface area contributed by atoms with Crippen molar-refractivity contribution >= 4 is 69.8 Å². The number of allylic oxidation sites excluding steroid dienone is 2. The van der Waals surface area contributed by atoms with Crippen molar-refractivity contribution in [3.63, 3.8) is 0 Å². The van der Waals surface area contributed by atoms with E-state index in [9.17, 15) is 9.90 Å². The number of nitrogens with zero attached hydrogens (tertiary/aromatic N) is 2. The van der Waals surface area contributed by atoms with E-state index in [0.717, 1.165) is 74.7 Å². The van der Waals surface area contributed by atoms with Crippen LogP contribution in [0.1, 0.15) is 99.3 Å². The van der Waals surface area contributed by atoms with E-state index in [4.69, 9.17) is 9.40 Å². The molecule has 0 atom stereocenters. The van der Waals surface area contributed by atoms with Crippen LogP contribution in [0.3, 0.4) is 0 Å². The van der Waals surface area contributed by atoms with Crippen LogP contribution in [0.5, 0.6) is 0 Å². The summed E-state index contributed by atoms with van der Waals surface area (Å²) in [6.07, 6.45) is 6.42. The molecule has 8 heteroatoms. The van der Waals surface area contributed by atoms with Crippen molar-refractivity contribution < 1.29 is 34.4 Å². The molecule has 4 aromatic heterocycles. The average Bonchev–Trinajstić information content (AvgIpc) is 3.78. The number of furan rings is 1. The third-order valence-electron chi connectivity index (χ3n) is 10.2. The molecule has 6 aromatic rings. The molecule has 1 radical (unpaired) electrons. The molecule has 0 aliphatic heterocycles. The molecule has 0 aliphatic rings. The van der Waals surface area contributed by atoms with E-state index in [1.807, 2.05) is 48.5 Å². The molecule has 0 spiro atoms. The number of benzene rings is 2. The topological polar surface area (TPSA) is 76.2 Å². The van der Waals surface area contributed by atoms with Crippen LogP contribution < -0.4 is 0 Å². The predicted molar refractivity (Wildman–Crippen MR) is 201 cm³/mol. The number of thiophene rings is 2. The van der Waals surface area contributed by atoms with Gasteiger partial charge in [0.1, 0.15) is 28.3 Å². The van der Waals surface area contributed by atoms with Crippen LogP contribution in [0, 0.1) is 23.8 Å². The zero-order valence-electron chi connectivity index (χ0n) is 29.8. The van der Waals surface area contributed by atoms with Gasteiger partial charge in [-0.3, -0.25) is 9.78 Å². The summed E-state index contributed by atoms with van der Waals surface area (Å²) in [7, 11) is 0. The van der Waals surface area contributed by atoms with Crippen molar-refractivity contribution in [2.45, 2.75) is 100 Å². The van der Waals surface area contributed by atoms with E-state index in [-0.39, 0.29) is 47.9 Å². The second-order valence-electron chi connectivity index (χ2n) is 14.2. The second-order valence-corrected chi connectivity index (χ2v) is 16.1. The number of aromatic nitrogens is 2. The molecule has 0 fully saturated rings. The molecule has 0 aliphatic carbocycles. The van der Waals surface area contributed by atoms with Gasteiger partial charge in [0, 0.05) is 63.6 Å². The summed E-state index contributed by atoms with van der Waals surface area (Å²) in [5, 5.41) is 16.7. The second kappa shape index (κ2) is 14.5. The maximum atomic E-state index is 12.2. The Morgan fingerprint density at radius 2 is 1.60 bits per heavy atom. The van der Waals surface area contributed by atoms with E-state index in [1.54, 1.807) is 29.0 Å². The number of aliphatic hydroxyl groups is 1. The monoisotopic (exact) mass is 860 g/mol. The van der Waals surface area contributed by atoms with Gasteiger partial charge in [0.05, 0.1) is 0 Å². The molecule has 0 saturated heterocycles. The van der Waals surface area contributed by atoms with E-state index in [1.165, 1.54) is 21.0 Å². The van der Waals surface area contributed by atoms with Crippen molar-refractivity contribution in [3.8, 4) is 11.3 Å². The van der Waals surface area contributed by atoms with Crippen LogP contribution in [-0.2, 0) is 30.3 Å². The third kappa shape index (κ3) is 7.05. The Kier molecular flexibility index (Phi) is 11.5. The van der Waals surface area contributed by atoms with E-state index >= 15 is 0 Å². The fourth-order valence-corrected chi connectivity index (χ4v) is 8.01. The van der Waals surface area contributed by atoms with Crippen LogP contribution in [0.4, 0.5) is 0 Å². The zero-order chi connectivity index (χ0) is 34.3. The molecule has 257 valence electrons. The molecule has 0 bridgehead atoms. The van der Waals surface area contributed by atoms with Gasteiger partial charge >= 0.3 is 0 Å². The van der Waals surface area contributed by atoms with E-state index < -0.39 is 0 Å². The maximum absolute atomic E-state index is 12.2. The first-order valence-electron chi connectivity index (χ1n) is 16.7. The summed E-state index contributed by atoms with van der Waals surface area (Å²) in [6.45, 7) is 20.9. The number of aryl methyl sites for hydroxylation is 1. The number of aliphatic hydroxyl groups excluding tert-OH is 1. The van der Waals surface area contributed by atoms with E-state index in [2.05, 4.69) is 67.5 Å². The number of hydrogen-bond donors (Lipinski definition) is 1. The number of fused-ring (bicyclic) bond motifs is 6. The van der Waals surface area contributed by atoms with Crippen LogP contribution >= 0.6 is 22.7 Å². The van der Waals surface area contributed by atoms with Crippen molar-refractivity contribution in [1.82, 2.24) is 9.97 Å². The molecule has 0 saturated carbocycles. The van der Waals surface area contributed by atoms with Gasteiger partial charge in [0.15, 0.2) is 5.78 Å². The minimum absolute atomic E-state index is 0. The largest absolute Gasteiger partial charge is 0.512 e. The number of ketones is 1. The van der Waals surface area contributed by atoms with Gasteiger partial charge in [-0.25, -0.2) is 4.98 Å². The van der Waals surface area contributed by atoms with Crippen molar-refractivity contribution in [3.05, 3.63) is 71.3 Å². The van der Waals surface area contributed by atoms with Crippen molar-refractivity contribution in [2.75, 3.05) is 0 Å². The minimum Gasteiger partial charge on any atom is -0.512 e. The molecule has 48 heavy (non-hydrogen) atoms. The molecule has 2 aromatic carbocycles. The maximum Gasteiger partial charge on any atom is 0.164 e. The van der Waals surface area contributed by atoms with Gasteiger partial charge in [-0.15, -0.1) is 34.9 Å². The van der Waals surface area contributed by atoms with Crippen molar-refractivity contribution in [1.29, 1.82) is 0 Å². The molecule has 5 nitrogen and oxygen atoms in total. The third-order valence-corrected chi connectivity index (χ3v) is 12.2. The molecule has 1 N–H and O–H groups in total. The molecule has 0 unspecified atom stereocenters. The first-order chi connectivity index (χ1) is 22.2. The Labute approximate surface area is 306 Å². The standard InChI is InChI=1S/C25H19N2OS2.C15H28O2.Ir/c1-13-9-14-5-6-18-19(22(14)28-13)20-21(26-12-27-24(20)30-18)16-10-15-7-8-29-23(15)17(11-16)25(2,3)4;1-7-14(5,8-2)12(16)11-13(17)15(6,9-3)10-4;/h5-9,11-12H,1-4H3;11,16H,7-10H2,1-6H3;/q-1;;/b;12-11-;. The summed E-state index contributed by atoms with van der Waals surface area (Å²) in [5.74, 6) is 1.20. The average molecular weight is 860 g/mol. The summed E-state index contributed by atoms with van der Waals surface area (Å²) >= 11 is 3.47. The predicted octanol–water partition coefficient (Wildman–Crippen LogP) is 12.5. The number of rotatable bonds is 8. The normalized spacial score (nSPS) is 12.8. The molecular formula is C40H47IrN2O3S2-. The fraction of sp³-hybridized carbons (Fsp3) is 0.425. The van der Waals surface area contributed by atoms with Gasteiger partial charge in [-0.1, -0.05) is 73.4 Å². The molecular weight excluding hydrogens is 813 g/mol. The Balaban J connectivity index is 0.000000251. The summed E-state index contributed by atoms with van der Waals surface area (Å²) in [6, 6.07) is 14.4. The Morgan fingerprint density at radius 3 is 2.23 bits per heavy atom. The van der Waals surface area contributed by atoms with Crippen LogP contribution in [0.15, 0.2) is 58.3 Å². The van der Waals surface area contributed by atoms with Crippen molar-refractivity contribution in [2.24, 2.45) is 10.8 Å². The Morgan fingerprint density at radius 1 is 0.938 bits per heavy atom. The van der Waals surface area contributed by atoms with E-state index in [0.29, 0.717) is 0 Å². The van der Waals surface area contributed by atoms with Crippen LogP contribution in [0.25, 0.3) is 52.6 Å². The van der Waals surface area contributed by atoms with Gasteiger partial charge in [-0.2, -0.15) is 11.3 Å². The minimum atomic E-state index is -0.337. The van der Waals surface area contributed by atoms with Crippen LogP contribution in [-0.4, -0.2) is 20.9 Å². The Hall–Kier alpha value is -2.90. The molecule has 0 amide bonds. The molecule has 6 rings (SSSR count). The van der Waals surface area contributed by atoms with Gasteiger partial charge < -0.3 is 9.52 Å². The first kappa shape index (κ1) is 37.9. The molecule has 4 heterocycles. The quantitative estimate of drug-likeness (QED) is 0.0937. The van der Waals surface area contributed by atoms with Gasteiger partial charge in [-0.05, 0) is 66.3 Å². The van der Waals surface area contributed by atoms with Gasteiger partial charge in [0.25, 0.3) is 0 Å². The summed E-state index contributed by atoms with van der Waals surface area (Å²) in [5.41, 5.74) is 3.60. The summed E-state index contributed by atoms with van der Waals surface area (Å²) in [4.78, 5) is 22.5. The SMILES string of the molecule is CCC(C)(CC)C(=O)/C=C(\O)C(C)(CC)CC.Cc1cc2ccc3sc4ncnc(-c5[c-]c6ccsc6c(C(C)(C)C)c5)c4c3c2o1.[Ir]. The van der Waals surface area contributed by atoms with Gasteiger partial charge in [0.2, 0.25) is 0 Å². The zero-order valence-corrected chi connectivity index (χ0v) is 33.8. The number of hydrogen-bond acceptors (Lipinski definition) is 7. The number of carbonyl (C=O) groups excluding carboxylic acids is 1. The summed E-state index contributed by atoms with van der Waals surface area (Å²) < 4.78 is 8.59. The fourth-order valence-electron chi connectivity index (χ4n) is 5.89. The smallest absolute Gasteiger partial charge is 0.164 e. The van der Waals surface area contributed by atoms with Crippen LogP contribution in [0.2, 0.25) is 0 Å². The number of carbonyl (C=O) groups is 1.